The molecule has 2 rings (SSSR count). The summed E-state index contributed by atoms with van der Waals surface area (Å²) in [5, 5.41) is 13.0. The smallest absolute Gasteiger partial charge is 0.328 e. The van der Waals surface area contributed by atoms with Crippen molar-refractivity contribution in [1.82, 2.24) is 5.16 Å². The van der Waals surface area contributed by atoms with Crippen LogP contribution in [0, 0.1) is 13.8 Å². The van der Waals surface area contributed by atoms with E-state index in [1.807, 2.05) is 13.8 Å². The van der Waals surface area contributed by atoms with Gasteiger partial charge in [-0.3, -0.25) is 0 Å². The topological polar surface area (TPSA) is 72.6 Å². The van der Waals surface area contributed by atoms with E-state index in [1.165, 1.54) is 6.08 Å². The van der Waals surface area contributed by atoms with Gasteiger partial charge in [0.2, 0.25) is 0 Å². The largest absolute Gasteiger partial charge is 0.488 e. The number of hydrogen-bond donors (Lipinski definition) is 1. The van der Waals surface area contributed by atoms with Gasteiger partial charge in [-0.25, -0.2) is 4.79 Å². The number of aliphatic carboxylic acids is 1. The van der Waals surface area contributed by atoms with Crippen LogP contribution < -0.4 is 4.74 Å². The lowest BCUT2D eigenvalue weighted by molar-refractivity contribution is -0.131. The average Bonchev–Trinajstić information content (AvgIpc) is 2.74. The molecule has 0 aliphatic rings. The number of benzene rings is 1. The van der Waals surface area contributed by atoms with Crippen molar-refractivity contribution in [1.29, 1.82) is 0 Å². The third-order valence-electron chi connectivity index (χ3n) is 2.96. The van der Waals surface area contributed by atoms with E-state index in [-0.39, 0.29) is 6.61 Å². The van der Waals surface area contributed by atoms with Crippen molar-refractivity contribution in [3.05, 3.63) is 51.9 Å². The molecule has 1 N–H and O–H groups in total. The zero-order valence-electron chi connectivity index (χ0n) is 11.6. The normalized spacial score (nSPS) is 11.0. The molecule has 0 atom stereocenters. The number of hydrogen-bond acceptors (Lipinski definition) is 4. The summed E-state index contributed by atoms with van der Waals surface area (Å²) < 4.78 is 10.8. The van der Waals surface area contributed by atoms with Crippen LogP contribution >= 0.6 is 11.6 Å². The summed E-state index contributed by atoms with van der Waals surface area (Å²) in [6, 6.07) is 5.14. The fraction of sp³-hybridized carbons (Fsp3) is 0.200. The quantitative estimate of drug-likeness (QED) is 0.854. The van der Waals surface area contributed by atoms with Crippen LogP contribution in [0.1, 0.15) is 22.6 Å². The lowest BCUT2D eigenvalue weighted by Gasteiger charge is -2.10. The predicted molar refractivity (Wildman–Crippen MR) is 78.4 cm³/mol. The van der Waals surface area contributed by atoms with E-state index in [1.54, 1.807) is 18.2 Å². The number of aromatic nitrogens is 1. The van der Waals surface area contributed by atoms with Gasteiger partial charge in [-0.15, -0.1) is 0 Å². The highest BCUT2D eigenvalue weighted by Gasteiger charge is 2.11. The standard InChI is InChI=1S/C15H14ClNO4/c1-9-12(10(2)21-17-9)8-20-14-5-3-4-13(16)11(14)6-7-15(18)19/h3-7H,8H2,1-2H3,(H,18,19)/b7-6+. The molecule has 0 amide bonds. The van der Waals surface area contributed by atoms with Gasteiger partial charge in [-0.2, -0.15) is 0 Å². The summed E-state index contributed by atoms with van der Waals surface area (Å²) in [5.74, 6) is 0.142. The minimum Gasteiger partial charge on any atom is -0.488 e. The van der Waals surface area contributed by atoms with Crippen LogP contribution in [0.2, 0.25) is 5.02 Å². The van der Waals surface area contributed by atoms with Crippen molar-refractivity contribution in [3.63, 3.8) is 0 Å². The Balaban J connectivity index is 2.24. The minimum atomic E-state index is -1.05. The summed E-state index contributed by atoms with van der Waals surface area (Å²) in [4.78, 5) is 10.6. The molecule has 0 aliphatic carbocycles. The first-order valence-electron chi connectivity index (χ1n) is 6.23. The summed E-state index contributed by atoms with van der Waals surface area (Å²) >= 11 is 6.08. The van der Waals surface area contributed by atoms with Gasteiger partial charge >= 0.3 is 5.97 Å². The minimum absolute atomic E-state index is 0.273. The number of aryl methyl sites for hydroxylation is 2. The number of carbonyl (C=O) groups is 1. The lowest BCUT2D eigenvalue weighted by atomic mass is 10.1. The molecule has 0 spiro atoms. The van der Waals surface area contributed by atoms with Crippen LogP contribution in [0.25, 0.3) is 6.08 Å². The second kappa shape index (κ2) is 6.45. The highest BCUT2D eigenvalue weighted by atomic mass is 35.5. The Morgan fingerprint density at radius 2 is 2.24 bits per heavy atom. The molecule has 0 radical (unpaired) electrons. The molecule has 110 valence electrons. The Morgan fingerprint density at radius 3 is 2.86 bits per heavy atom. The highest BCUT2D eigenvalue weighted by Crippen LogP contribution is 2.29. The molecule has 6 heteroatoms. The van der Waals surface area contributed by atoms with Crippen molar-refractivity contribution in [2.75, 3.05) is 0 Å². The van der Waals surface area contributed by atoms with Gasteiger partial charge in [0.25, 0.3) is 0 Å². The predicted octanol–water partition coefficient (Wildman–Crippen LogP) is 3.62. The number of carboxylic acids is 1. The average molecular weight is 308 g/mol. The van der Waals surface area contributed by atoms with Crippen LogP contribution in [0.15, 0.2) is 28.8 Å². The second-order valence-electron chi connectivity index (χ2n) is 4.41. The second-order valence-corrected chi connectivity index (χ2v) is 4.82. The highest BCUT2D eigenvalue weighted by molar-refractivity contribution is 6.32. The number of carboxylic acid groups (broad SMARTS) is 1. The van der Waals surface area contributed by atoms with Gasteiger partial charge < -0.3 is 14.4 Å². The Morgan fingerprint density at radius 1 is 1.48 bits per heavy atom. The molecular weight excluding hydrogens is 294 g/mol. The first-order valence-corrected chi connectivity index (χ1v) is 6.61. The van der Waals surface area contributed by atoms with Crippen molar-refractivity contribution >= 4 is 23.6 Å². The number of rotatable bonds is 5. The van der Waals surface area contributed by atoms with Crippen molar-refractivity contribution in [3.8, 4) is 5.75 Å². The van der Waals surface area contributed by atoms with Crippen molar-refractivity contribution in [2.24, 2.45) is 0 Å². The lowest BCUT2D eigenvalue weighted by Crippen LogP contribution is -1.99. The Bertz CT molecular complexity index is 671. The monoisotopic (exact) mass is 307 g/mol. The molecule has 1 heterocycles. The molecule has 0 bridgehead atoms. The third-order valence-corrected chi connectivity index (χ3v) is 3.29. The molecule has 21 heavy (non-hydrogen) atoms. The van der Waals surface area contributed by atoms with Crippen molar-refractivity contribution in [2.45, 2.75) is 20.5 Å². The van der Waals surface area contributed by atoms with Gasteiger partial charge in [0, 0.05) is 11.6 Å². The molecular formula is C15H14ClNO4. The molecule has 0 saturated carbocycles. The molecule has 0 unspecified atom stereocenters. The maximum absolute atomic E-state index is 10.6. The summed E-state index contributed by atoms with van der Waals surface area (Å²) in [7, 11) is 0. The van der Waals surface area contributed by atoms with Gasteiger partial charge in [-0.05, 0) is 32.1 Å². The molecule has 0 saturated heterocycles. The maximum atomic E-state index is 10.6. The molecule has 1 aromatic carbocycles. The number of ether oxygens (including phenoxy) is 1. The van der Waals surface area contributed by atoms with Gasteiger partial charge in [0.1, 0.15) is 18.1 Å². The van der Waals surface area contributed by atoms with Gasteiger partial charge in [-0.1, -0.05) is 22.8 Å². The SMILES string of the molecule is Cc1noc(C)c1COc1cccc(Cl)c1/C=C/C(=O)O. The summed E-state index contributed by atoms with van der Waals surface area (Å²) in [6.45, 7) is 3.91. The van der Waals surface area contributed by atoms with E-state index in [9.17, 15) is 4.79 Å². The van der Waals surface area contributed by atoms with Crippen LogP contribution in [-0.4, -0.2) is 16.2 Å². The van der Waals surface area contributed by atoms with E-state index in [0.29, 0.717) is 22.1 Å². The van der Waals surface area contributed by atoms with E-state index >= 15 is 0 Å². The molecule has 0 fully saturated rings. The third kappa shape index (κ3) is 3.64. The number of halogens is 1. The Labute approximate surface area is 126 Å². The summed E-state index contributed by atoms with van der Waals surface area (Å²) in [6.07, 6.45) is 2.43. The van der Waals surface area contributed by atoms with E-state index < -0.39 is 5.97 Å². The summed E-state index contributed by atoms with van der Waals surface area (Å²) in [5.41, 5.74) is 2.15. The zero-order valence-corrected chi connectivity index (χ0v) is 12.3. The van der Waals surface area contributed by atoms with E-state index in [2.05, 4.69) is 5.16 Å². The van der Waals surface area contributed by atoms with E-state index in [0.717, 1.165) is 17.3 Å². The first-order chi connectivity index (χ1) is 9.99. The molecule has 0 aliphatic heterocycles. The Kier molecular flexibility index (Phi) is 4.65. The molecule has 1 aromatic heterocycles. The van der Waals surface area contributed by atoms with Crippen LogP contribution in [-0.2, 0) is 11.4 Å². The van der Waals surface area contributed by atoms with Crippen LogP contribution in [0.4, 0.5) is 0 Å². The van der Waals surface area contributed by atoms with Crippen LogP contribution in [0.3, 0.4) is 0 Å². The molecule has 2 aromatic rings. The van der Waals surface area contributed by atoms with Crippen LogP contribution in [0.5, 0.6) is 5.75 Å². The fourth-order valence-corrected chi connectivity index (χ4v) is 2.05. The van der Waals surface area contributed by atoms with E-state index in [4.69, 9.17) is 26.0 Å². The van der Waals surface area contributed by atoms with Gasteiger partial charge in [0.05, 0.1) is 16.3 Å². The fourth-order valence-electron chi connectivity index (χ4n) is 1.82. The number of nitrogens with zero attached hydrogens (tertiary/aromatic N) is 1. The molecule has 5 nitrogen and oxygen atoms in total. The van der Waals surface area contributed by atoms with Gasteiger partial charge in [0.15, 0.2) is 0 Å². The first kappa shape index (κ1) is 15.1. The maximum Gasteiger partial charge on any atom is 0.328 e. The Hall–Kier alpha value is -2.27. The van der Waals surface area contributed by atoms with Crippen molar-refractivity contribution < 1.29 is 19.2 Å². The zero-order chi connectivity index (χ0) is 15.4.